The number of hydrogen-bond acceptors (Lipinski definition) is 4. The van der Waals surface area contributed by atoms with Gasteiger partial charge in [-0.2, -0.15) is 0 Å². The molecule has 0 radical (unpaired) electrons. The molecule has 0 bridgehead atoms. The Hall–Kier alpha value is -2.18. The number of para-hydroxylation sites is 1. The van der Waals surface area contributed by atoms with Gasteiger partial charge in [0.1, 0.15) is 5.75 Å². The Morgan fingerprint density at radius 3 is 2.85 bits per heavy atom. The molecule has 0 saturated heterocycles. The van der Waals surface area contributed by atoms with Crippen LogP contribution in [0, 0.1) is 0 Å². The van der Waals surface area contributed by atoms with Gasteiger partial charge in [0.25, 0.3) is 11.8 Å². The molecule has 2 N–H and O–H groups in total. The Morgan fingerprint density at radius 2 is 2.08 bits per heavy atom. The number of hydrogen-bond donors (Lipinski definition) is 1. The van der Waals surface area contributed by atoms with E-state index < -0.39 is 5.91 Å². The van der Waals surface area contributed by atoms with E-state index in [0.29, 0.717) is 16.8 Å². The quantitative estimate of drug-likeness (QED) is 0.863. The normalized spacial score (nSPS) is 16.5. The summed E-state index contributed by atoms with van der Waals surface area (Å²) in [5.74, 6) is -0.570. The molecule has 26 heavy (non-hydrogen) atoms. The van der Waals surface area contributed by atoms with E-state index in [1.165, 1.54) is 6.07 Å². The number of amides is 2. The molecule has 2 aromatic carbocycles. The molecule has 5 nitrogen and oxygen atoms in total. The van der Waals surface area contributed by atoms with Crippen LogP contribution in [0.1, 0.15) is 23.7 Å². The van der Waals surface area contributed by atoms with Gasteiger partial charge in [-0.15, -0.1) is 11.8 Å². The molecular formula is C19H19ClN2O3S. The van der Waals surface area contributed by atoms with Crippen molar-refractivity contribution < 1.29 is 14.3 Å². The average Bonchev–Trinajstić information content (AvgIpc) is 2.78. The number of carbonyl (C=O) groups is 2. The highest BCUT2D eigenvalue weighted by atomic mass is 35.5. The van der Waals surface area contributed by atoms with Gasteiger partial charge in [0.2, 0.25) is 0 Å². The van der Waals surface area contributed by atoms with E-state index in [0.717, 1.165) is 17.0 Å². The minimum atomic E-state index is -0.653. The van der Waals surface area contributed by atoms with Crippen molar-refractivity contribution in [2.45, 2.75) is 23.5 Å². The number of halogens is 1. The van der Waals surface area contributed by atoms with Crippen molar-refractivity contribution in [1.82, 2.24) is 0 Å². The molecule has 2 aromatic rings. The number of carbonyl (C=O) groups excluding carboxylic acids is 2. The fourth-order valence-corrected chi connectivity index (χ4v) is 4.07. The van der Waals surface area contributed by atoms with Gasteiger partial charge in [0.05, 0.1) is 11.3 Å². The Morgan fingerprint density at radius 1 is 1.31 bits per heavy atom. The first-order chi connectivity index (χ1) is 12.5. The van der Waals surface area contributed by atoms with Gasteiger partial charge >= 0.3 is 0 Å². The van der Waals surface area contributed by atoms with Crippen molar-refractivity contribution in [3.8, 4) is 5.75 Å². The number of nitrogens with two attached hydrogens (primary N) is 1. The molecule has 0 saturated carbocycles. The van der Waals surface area contributed by atoms with Crippen molar-refractivity contribution >= 4 is 40.9 Å². The third-order valence-corrected chi connectivity index (χ3v) is 5.58. The van der Waals surface area contributed by atoms with Crippen molar-refractivity contribution in [2.24, 2.45) is 5.73 Å². The van der Waals surface area contributed by atoms with Crippen LogP contribution in [0.3, 0.4) is 0 Å². The number of ether oxygens (including phenoxy) is 1. The first kappa shape index (κ1) is 18.6. The van der Waals surface area contributed by atoms with Crippen LogP contribution in [0.15, 0.2) is 47.4 Å². The van der Waals surface area contributed by atoms with Gasteiger partial charge in [0, 0.05) is 21.7 Å². The van der Waals surface area contributed by atoms with E-state index in [4.69, 9.17) is 22.1 Å². The number of anilines is 1. The average molecular weight is 391 g/mol. The van der Waals surface area contributed by atoms with Crippen molar-refractivity contribution in [3.05, 3.63) is 53.1 Å². The lowest BCUT2D eigenvalue weighted by atomic mass is 10.2. The maximum absolute atomic E-state index is 12.8. The molecule has 0 spiro atoms. The lowest BCUT2D eigenvalue weighted by Crippen LogP contribution is -2.36. The molecule has 7 heteroatoms. The molecule has 2 amide bonds. The zero-order valence-electron chi connectivity index (χ0n) is 14.3. The molecule has 0 fully saturated rings. The molecule has 1 aliphatic rings. The van der Waals surface area contributed by atoms with Crippen molar-refractivity contribution in [1.29, 1.82) is 0 Å². The topological polar surface area (TPSA) is 72.6 Å². The maximum Gasteiger partial charge on any atom is 0.264 e. The number of nitrogens with zero attached hydrogens (tertiary/aromatic N) is 1. The number of rotatable bonds is 4. The van der Waals surface area contributed by atoms with Crippen molar-refractivity contribution in [3.63, 3.8) is 0 Å². The van der Waals surface area contributed by atoms with Gasteiger partial charge in [-0.3, -0.25) is 9.59 Å². The Kier molecular flexibility index (Phi) is 5.74. The van der Waals surface area contributed by atoms with E-state index in [2.05, 4.69) is 6.92 Å². The highest BCUT2D eigenvalue weighted by Gasteiger charge is 2.24. The lowest BCUT2D eigenvalue weighted by Gasteiger charge is -2.22. The summed E-state index contributed by atoms with van der Waals surface area (Å²) in [7, 11) is 0. The number of primary amides is 1. The smallest absolute Gasteiger partial charge is 0.264 e. The van der Waals surface area contributed by atoms with Crippen LogP contribution in [0.2, 0.25) is 5.02 Å². The second-order valence-electron chi connectivity index (χ2n) is 6.02. The summed E-state index contributed by atoms with van der Waals surface area (Å²) < 4.78 is 5.59. The highest BCUT2D eigenvalue weighted by molar-refractivity contribution is 8.00. The zero-order valence-corrected chi connectivity index (χ0v) is 15.8. The van der Waals surface area contributed by atoms with Crippen LogP contribution in [-0.2, 0) is 4.79 Å². The summed E-state index contributed by atoms with van der Waals surface area (Å²) in [5.41, 5.74) is 6.40. The Balaban J connectivity index is 1.78. The predicted octanol–water partition coefficient (Wildman–Crippen LogP) is 3.74. The molecule has 0 aliphatic carbocycles. The largest absolute Gasteiger partial charge is 0.483 e. The summed E-state index contributed by atoms with van der Waals surface area (Å²) >= 11 is 7.66. The summed E-state index contributed by atoms with van der Waals surface area (Å²) in [6.45, 7) is 2.59. The highest BCUT2D eigenvalue weighted by Crippen LogP contribution is 2.37. The monoisotopic (exact) mass is 390 g/mol. The van der Waals surface area contributed by atoms with Gasteiger partial charge < -0.3 is 15.4 Å². The number of benzene rings is 2. The van der Waals surface area contributed by atoms with Gasteiger partial charge in [-0.25, -0.2) is 0 Å². The number of thioether (sulfide) groups is 1. The van der Waals surface area contributed by atoms with Crippen LogP contribution in [0.25, 0.3) is 0 Å². The first-order valence-electron chi connectivity index (χ1n) is 8.24. The molecule has 1 unspecified atom stereocenters. The van der Waals surface area contributed by atoms with Crippen LogP contribution >= 0.6 is 23.4 Å². The zero-order chi connectivity index (χ0) is 18.7. The molecule has 1 aliphatic heterocycles. The second kappa shape index (κ2) is 8.01. The minimum absolute atomic E-state index is 0.158. The van der Waals surface area contributed by atoms with Gasteiger partial charge in [0.15, 0.2) is 6.61 Å². The summed E-state index contributed by atoms with van der Waals surface area (Å²) in [6, 6.07) is 12.4. The standard InChI is InChI=1S/C19H19ClN2O3S/c1-12-8-9-22(15-4-2-3-5-17(15)26-12)18(23)11-25-16-7-6-13(20)10-14(16)19(21)24/h2-7,10,12H,8-9,11H2,1H3,(H2,21,24). The molecule has 1 atom stereocenters. The molecule has 136 valence electrons. The van der Waals surface area contributed by atoms with Crippen LogP contribution in [-0.4, -0.2) is 30.2 Å². The lowest BCUT2D eigenvalue weighted by molar-refractivity contribution is -0.120. The predicted molar refractivity (Wildman–Crippen MR) is 104 cm³/mol. The van der Waals surface area contributed by atoms with Crippen molar-refractivity contribution in [2.75, 3.05) is 18.1 Å². The number of fused-ring (bicyclic) bond motifs is 1. The van der Waals surface area contributed by atoms with E-state index in [-0.39, 0.29) is 23.8 Å². The van der Waals surface area contributed by atoms with Crippen LogP contribution in [0.5, 0.6) is 5.75 Å². The van der Waals surface area contributed by atoms with Gasteiger partial charge in [-0.05, 0) is 36.8 Å². The third kappa shape index (κ3) is 4.14. The Bertz CT molecular complexity index is 843. The summed E-state index contributed by atoms with van der Waals surface area (Å²) in [4.78, 5) is 27.2. The Labute approximate surface area is 161 Å². The third-order valence-electron chi connectivity index (χ3n) is 4.10. The molecule has 0 aromatic heterocycles. The second-order valence-corrected chi connectivity index (χ2v) is 7.94. The molecule has 3 rings (SSSR count). The van der Waals surface area contributed by atoms with E-state index in [1.54, 1.807) is 28.8 Å². The molecule has 1 heterocycles. The van der Waals surface area contributed by atoms with E-state index in [1.807, 2.05) is 24.3 Å². The fraction of sp³-hybridized carbons (Fsp3) is 0.263. The maximum atomic E-state index is 12.8. The van der Waals surface area contributed by atoms with Crippen LogP contribution < -0.4 is 15.4 Å². The van der Waals surface area contributed by atoms with E-state index >= 15 is 0 Å². The SMILES string of the molecule is CC1CCN(C(=O)COc2ccc(Cl)cc2C(N)=O)c2ccccc2S1. The van der Waals surface area contributed by atoms with Crippen LogP contribution in [0.4, 0.5) is 5.69 Å². The summed E-state index contributed by atoms with van der Waals surface area (Å²) in [5, 5.41) is 0.803. The minimum Gasteiger partial charge on any atom is -0.483 e. The van der Waals surface area contributed by atoms with E-state index in [9.17, 15) is 9.59 Å². The molecular weight excluding hydrogens is 372 g/mol. The fourth-order valence-electron chi connectivity index (χ4n) is 2.78. The summed E-state index contributed by atoms with van der Waals surface area (Å²) in [6.07, 6.45) is 0.887. The first-order valence-corrected chi connectivity index (χ1v) is 9.49. The van der Waals surface area contributed by atoms with Gasteiger partial charge in [-0.1, -0.05) is 30.7 Å².